The van der Waals surface area contributed by atoms with E-state index in [1.807, 2.05) is 30.3 Å². The standard InChI is InChI=1S/C11H15NO3/c1-2-10(13)12-11(14)15-8-9-6-4-3-5-7-9/h3-7,10,13H,2,8H2,1H3,(H,12,14). The second-order valence-corrected chi connectivity index (χ2v) is 3.13. The molecule has 0 bridgehead atoms. The second kappa shape index (κ2) is 6.03. The Balaban J connectivity index is 2.29. The third-order valence-corrected chi connectivity index (χ3v) is 1.88. The molecule has 0 aromatic heterocycles. The van der Waals surface area contributed by atoms with Gasteiger partial charge in [0.05, 0.1) is 0 Å². The lowest BCUT2D eigenvalue weighted by atomic mass is 10.2. The Morgan fingerprint density at radius 1 is 1.47 bits per heavy atom. The predicted octanol–water partition coefficient (Wildman–Crippen LogP) is 1.64. The number of aliphatic hydroxyl groups is 1. The Morgan fingerprint density at radius 3 is 2.73 bits per heavy atom. The maximum atomic E-state index is 11.1. The van der Waals surface area contributed by atoms with Crippen molar-refractivity contribution >= 4 is 6.09 Å². The van der Waals surface area contributed by atoms with E-state index in [-0.39, 0.29) is 6.61 Å². The molecule has 0 heterocycles. The van der Waals surface area contributed by atoms with Gasteiger partial charge in [-0.3, -0.25) is 5.32 Å². The molecule has 0 saturated heterocycles. The Hall–Kier alpha value is -1.55. The lowest BCUT2D eigenvalue weighted by molar-refractivity contribution is 0.0929. The predicted molar refractivity (Wildman–Crippen MR) is 56.1 cm³/mol. The van der Waals surface area contributed by atoms with Gasteiger partial charge in [-0.15, -0.1) is 0 Å². The summed E-state index contributed by atoms with van der Waals surface area (Å²) in [5, 5.41) is 11.4. The smallest absolute Gasteiger partial charge is 0.409 e. The minimum Gasteiger partial charge on any atom is -0.445 e. The van der Waals surface area contributed by atoms with E-state index in [1.54, 1.807) is 6.92 Å². The average Bonchev–Trinajstić information content (AvgIpc) is 2.27. The van der Waals surface area contributed by atoms with Crippen molar-refractivity contribution in [2.75, 3.05) is 0 Å². The average molecular weight is 209 g/mol. The molecule has 0 aliphatic carbocycles. The number of hydrogen-bond donors (Lipinski definition) is 2. The molecule has 2 N–H and O–H groups in total. The van der Waals surface area contributed by atoms with Gasteiger partial charge in [0, 0.05) is 0 Å². The highest BCUT2D eigenvalue weighted by Gasteiger charge is 2.06. The van der Waals surface area contributed by atoms with Crippen LogP contribution in [0.25, 0.3) is 0 Å². The third kappa shape index (κ3) is 4.46. The Bertz CT molecular complexity index is 300. The summed E-state index contributed by atoms with van der Waals surface area (Å²) < 4.78 is 4.89. The Morgan fingerprint density at radius 2 is 2.13 bits per heavy atom. The van der Waals surface area contributed by atoms with E-state index >= 15 is 0 Å². The minimum absolute atomic E-state index is 0.211. The van der Waals surface area contributed by atoms with Gasteiger partial charge in [0.1, 0.15) is 12.8 Å². The fourth-order valence-corrected chi connectivity index (χ4v) is 1.00. The van der Waals surface area contributed by atoms with Crippen molar-refractivity contribution < 1.29 is 14.6 Å². The summed E-state index contributed by atoms with van der Waals surface area (Å²) in [6.07, 6.45) is -0.984. The van der Waals surface area contributed by atoms with Crippen molar-refractivity contribution in [3.8, 4) is 0 Å². The number of alkyl carbamates (subject to hydrolysis) is 1. The maximum Gasteiger partial charge on any atom is 0.409 e. The van der Waals surface area contributed by atoms with Gasteiger partial charge >= 0.3 is 6.09 Å². The second-order valence-electron chi connectivity index (χ2n) is 3.13. The molecule has 1 atom stereocenters. The summed E-state index contributed by atoms with van der Waals surface area (Å²) in [4.78, 5) is 11.1. The SMILES string of the molecule is CCC(O)NC(=O)OCc1ccccc1. The molecule has 4 nitrogen and oxygen atoms in total. The quantitative estimate of drug-likeness (QED) is 0.741. The van der Waals surface area contributed by atoms with Gasteiger partial charge in [-0.1, -0.05) is 37.3 Å². The van der Waals surface area contributed by atoms with Gasteiger partial charge in [0.2, 0.25) is 0 Å². The number of hydrogen-bond acceptors (Lipinski definition) is 3. The molecule has 0 spiro atoms. The van der Waals surface area contributed by atoms with Gasteiger partial charge in [0.15, 0.2) is 0 Å². The van der Waals surface area contributed by atoms with Crippen LogP contribution in [0, 0.1) is 0 Å². The van der Waals surface area contributed by atoms with E-state index in [0.29, 0.717) is 6.42 Å². The summed E-state index contributed by atoms with van der Waals surface area (Å²) in [6, 6.07) is 9.37. The topological polar surface area (TPSA) is 58.6 Å². The summed E-state index contributed by atoms with van der Waals surface area (Å²) in [7, 11) is 0. The van der Waals surface area contributed by atoms with E-state index in [9.17, 15) is 4.79 Å². The largest absolute Gasteiger partial charge is 0.445 e. The van der Waals surface area contributed by atoms with Gasteiger partial charge < -0.3 is 9.84 Å². The van der Waals surface area contributed by atoms with E-state index < -0.39 is 12.3 Å². The number of nitrogens with one attached hydrogen (secondary N) is 1. The van der Waals surface area contributed by atoms with Crippen LogP contribution in [0.4, 0.5) is 4.79 Å². The zero-order chi connectivity index (χ0) is 11.1. The van der Waals surface area contributed by atoms with Crippen molar-refractivity contribution in [1.82, 2.24) is 5.32 Å². The van der Waals surface area contributed by atoms with Crippen LogP contribution in [-0.2, 0) is 11.3 Å². The van der Waals surface area contributed by atoms with Gasteiger partial charge in [-0.05, 0) is 12.0 Å². The molecule has 0 radical (unpaired) electrons. The summed E-state index contributed by atoms with van der Waals surface area (Å²) in [5.41, 5.74) is 0.915. The summed E-state index contributed by atoms with van der Waals surface area (Å²) in [5.74, 6) is 0. The lowest BCUT2D eigenvalue weighted by Crippen LogP contribution is -2.34. The van der Waals surface area contributed by atoms with Gasteiger partial charge in [-0.2, -0.15) is 0 Å². The molecule has 1 aromatic carbocycles. The highest BCUT2D eigenvalue weighted by Crippen LogP contribution is 2.00. The van der Waals surface area contributed by atoms with Crippen LogP contribution in [0.3, 0.4) is 0 Å². The molecule has 1 unspecified atom stereocenters. The maximum absolute atomic E-state index is 11.1. The molecule has 0 fully saturated rings. The zero-order valence-electron chi connectivity index (χ0n) is 8.64. The van der Waals surface area contributed by atoms with E-state index in [1.165, 1.54) is 0 Å². The number of benzene rings is 1. The zero-order valence-corrected chi connectivity index (χ0v) is 8.64. The van der Waals surface area contributed by atoms with Gasteiger partial charge in [0.25, 0.3) is 0 Å². The normalized spacial score (nSPS) is 11.9. The number of ether oxygens (including phenoxy) is 1. The van der Waals surface area contributed by atoms with Crippen LogP contribution in [0.5, 0.6) is 0 Å². The van der Waals surface area contributed by atoms with E-state index in [0.717, 1.165) is 5.56 Å². The molecule has 0 aliphatic rings. The Labute approximate surface area is 88.9 Å². The first-order valence-corrected chi connectivity index (χ1v) is 4.87. The van der Waals surface area contributed by atoms with Crippen LogP contribution < -0.4 is 5.32 Å². The highest BCUT2D eigenvalue weighted by molar-refractivity contribution is 5.67. The third-order valence-electron chi connectivity index (χ3n) is 1.88. The molecule has 1 aromatic rings. The van der Waals surface area contributed by atoms with Crippen LogP contribution >= 0.6 is 0 Å². The first kappa shape index (κ1) is 11.5. The molecule has 0 aliphatic heterocycles. The number of amides is 1. The lowest BCUT2D eigenvalue weighted by Gasteiger charge is -2.10. The number of carbonyl (C=O) groups is 1. The molecule has 1 rings (SSSR count). The van der Waals surface area contributed by atoms with Crippen LogP contribution in [0.15, 0.2) is 30.3 Å². The number of carbonyl (C=O) groups excluding carboxylic acids is 1. The van der Waals surface area contributed by atoms with Crippen molar-refractivity contribution in [1.29, 1.82) is 0 Å². The fraction of sp³-hybridized carbons (Fsp3) is 0.364. The molecule has 1 amide bonds. The van der Waals surface area contributed by atoms with Crippen molar-refractivity contribution in [3.05, 3.63) is 35.9 Å². The summed E-state index contributed by atoms with van der Waals surface area (Å²) >= 11 is 0. The molecule has 15 heavy (non-hydrogen) atoms. The molecule has 82 valence electrons. The highest BCUT2D eigenvalue weighted by atomic mass is 16.6. The van der Waals surface area contributed by atoms with E-state index in [4.69, 9.17) is 9.84 Å². The minimum atomic E-state index is -0.840. The number of rotatable bonds is 4. The monoisotopic (exact) mass is 209 g/mol. The Kier molecular flexibility index (Phi) is 4.63. The molecular formula is C11H15NO3. The molecule has 4 heteroatoms. The first-order chi connectivity index (χ1) is 7.22. The van der Waals surface area contributed by atoms with Gasteiger partial charge in [-0.25, -0.2) is 4.79 Å². The number of aliphatic hydroxyl groups excluding tert-OH is 1. The van der Waals surface area contributed by atoms with Crippen molar-refractivity contribution in [2.24, 2.45) is 0 Å². The molecule has 0 saturated carbocycles. The van der Waals surface area contributed by atoms with Crippen molar-refractivity contribution in [3.63, 3.8) is 0 Å². The van der Waals surface area contributed by atoms with Crippen molar-refractivity contribution in [2.45, 2.75) is 26.2 Å². The van der Waals surface area contributed by atoms with Crippen LogP contribution in [0.2, 0.25) is 0 Å². The van der Waals surface area contributed by atoms with E-state index in [2.05, 4.69) is 5.32 Å². The molecular weight excluding hydrogens is 194 g/mol. The van der Waals surface area contributed by atoms with Crippen LogP contribution in [0.1, 0.15) is 18.9 Å². The summed E-state index contributed by atoms with van der Waals surface area (Å²) in [6.45, 7) is 1.98. The first-order valence-electron chi connectivity index (χ1n) is 4.87. The van der Waals surface area contributed by atoms with Crippen LogP contribution in [-0.4, -0.2) is 17.4 Å². The fourth-order valence-electron chi connectivity index (χ4n) is 1.00.